The molecule has 0 aromatic carbocycles. The van der Waals surface area contributed by atoms with Crippen molar-refractivity contribution in [3.8, 4) is 0 Å². The summed E-state index contributed by atoms with van der Waals surface area (Å²) in [7, 11) is -3.32. The Bertz CT molecular complexity index is 509. The lowest BCUT2D eigenvalue weighted by molar-refractivity contribution is -0.124. The van der Waals surface area contributed by atoms with Gasteiger partial charge in [-0.05, 0) is 25.0 Å². The van der Waals surface area contributed by atoms with Crippen LogP contribution in [0.2, 0.25) is 0 Å². The summed E-state index contributed by atoms with van der Waals surface area (Å²) >= 11 is 0. The molecule has 1 aromatic rings. The number of amides is 1. The number of rotatable bonds is 4. The van der Waals surface area contributed by atoms with Crippen LogP contribution in [0.3, 0.4) is 0 Å². The van der Waals surface area contributed by atoms with Gasteiger partial charge in [0.05, 0.1) is 19.1 Å². The van der Waals surface area contributed by atoms with E-state index in [1.54, 1.807) is 12.1 Å². The van der Waals surface area contributed by atoms with Crippen LogP contribution in [0.25, 0.3) is 0 Å². The van der Waals surface area contributed by atoms with Gasteiger partial charge in [0.1, 0.15) is 11.8 Å². The third kappa shape index (κ3) is 2.91. The molecule has 0 spiro atoms. The molecule has 0 unspecified atom stereocenters. The van der Waals surface area contributed by atoms with Crippen molar-refractivity contribution in [1.29, 1.82) is 0 Å². The zero-order valence-corrected chi connectivity index (χ0v) is 10.9. The number of furan rings is 1. The molecular weight excluding hydrogens is 256 g/mol. The molecule has 1 amide bonds. The van der Waals surface area contributed by atoms with Crippen molar-refractivity contribution in [1.82, 2.24) is 9.62 Å². The van der Waals surface area contributed by atoms with Crippen LogP contribution < -0.4 is 5.32 Å². The normalized spacial score (nSPS) is 21.1. The molecule has 0 bridgehead atoms. The predicted octanol–water partition coefficient (Wildman–Crippen LogP) is 0.320. The Kier molecular flexibility index (Phi) is 3.72. The van der Waals surface area contributed by atoms with E-state index in [0.29, 0.717) is 25.1 Å². The van der Waals surface area contributed by atoms with Gasteiger partial charge in [-0.15, -0.1) is 0 Å². The first kappa shape index (κ1) is 13.1. The Hall–Kier alpha value is -1.34. The van der Waals surface area contributed by atoms with Crippen LogP contribution in [0, 0.1) is 0 Å². The summed E-state index contributed by atoms with van der Waals surface area (Å²) in [4.78, 5) is 11.9. The van der Waals surface area contributed by atoms with Gasteiger partial charge in [0, 0.05) is 6.54 Å². The third-order valence-corrected chi connectivity index (χ3v) is 4.24. The molecule has 6 nitrogen and oxygen atoms in total. The summed E-state index contributed by atoms with van der Waals surface area (Å²) in [6, 6.07) is 2.90. The first-order valence-electron chi connectivity index (χ1n) is 5.75. The average Bonchev–Trinajstić information content (AvgIpc) is 2.95. The molecule has 2 rings (SSSR count). The maximum atomic E-state index is 11.9. The van der Waals surface area contributed by atoms with Gasteiger partial charge in [-0.1, -0.05) is 0 Å². The minimum atomic E-state index is -3.32. The monoisotopic (exact) mass is 272 g/mol. The lowest BCUT2D eigenvalue weighted by Crippen LogP contribution is -2.45. The molecule has 1 atom stereocenters. The van der Waals surface area contributed by atoms with Gasteiger partial charge in [0.25, 0.3) is 0 Å². The molecule has 1 N–H and O–H groups in total. The highest BCUT2D eigenvalue weighted by atomic mass is 32.2. The summed E-state index contributed by atoms with van der Waals surface area (Å²) in [6.45, 7) is 0.692. The van der Waals surface area contributed by atoms with Crippen molar-refractivity contribution in [3.05, 3.63) is 24.2 Å². The van der Waals surface area contributed by atoms with E-state index in [1.165, 1.54) is 10.6 Å². The van der Waals surface area contributed by atoms with Gasteiger partial charge >= 0.3 is 0 Å². The zero-order valence-electron chi connectivity index (χ0n) is 10.1. The van der Waals surface area contributed by atoms with E-state index in [2.05, 4.69) is 5.32 Å². The lowest BCUT2D eigenvalue weighted by Gasteiger charge is -2.20. The van der Waals surface area contributed by atoms with E-state index in [4.69, 9.17) is 4.42 Å². The molecule has 1 saturated heterocycles. The van der Waals surface area contributed by atoms with Crippen molar-refractivity contribution in [2.24, 2.45) is 0 Å². The Balaban J connectivity index is 1.96. The summed E-state index contributed by atoms with van der Waals surface area (Å²) in [6.07, 6.45) is 3.94. The molecule has 18 heavy (non-hydrogen) atoms. The number of nitrogens with one attached hydrogen (secondary N) is 1. The summed E-state index contributed by atoms with van der Waals surface area (Å²) in [5.41, 5.74) is 0. The van der Waals surface area contributed by atoms with Crippen LogP contribution in [-0.4, -0.2) is 37.5 Å². The van der Waals surface area contributed by atoms with Gasteiger partial charge in [-0.25, -0.2) is 8.42 Å². The number of carbonyl (C=O) groups excluding carboxylic acids is 1. The highest BCUT2D eigenvalue weighted by Crippen LogP contribution is 2.20. The second-order valence-electron chi connectivity index (χ2n) is 4.33. The first-order valence-corrected chi connectivity index (χ1v) is 7.60. The third-order valence-electron chi connectivity index (χ3n) is 2.95. The summed E-state index contributed by atoms with van der Waals surface area (Å²) < 4.78 is 29.4. The van der Waals surface area contributed by atoms with Gasteiger partial charge in [0.2, 0.25) is 15.9 Å². The number of carbonyl (C=O) groups is 1. The van der Waals surface area contributed by atoms with Crippen LogP contribution in [0.5, 0.6) is 0 Å². The van der Waals surface area contributed by atoms with Gasteiger partial charge < -0.3 is 9.73 Å². The topological polar surface area (TPSA) is 79.6 Å². The standard InChI is InChI=1S/C11H16N2O4S/c1-18(15,16)13-6-2-5-10(13)11(14)12-8-9-4-3-7-17-9/h3-4,7,10H,2,5-6,8H2,1H3,(H,12,14)/t10-/m0/s1. The second-order valence-corrected chi connectivity index (χ2v) is 6.26. The van der Waals surface area contributed by atoms with Crippen molar-refractivity contribution in [2.45, 2.75) is 25.4 Å². The highest BCUT2D eigenvalue weighted by Gasteiger charge is 2.36. The minimum absolute atomic E-state index is 0.269. The maximum absolute atomic E-state index is 11.9. The number of nitrogens with zero attached hydrogens (tertiary/aromatic N) is 1. The number of hydrogen-bond acceptors (Lipinski definition) is 4. The average molecular weight is 272 g/mol. The van der Waals surface area contributed by atoms with Crippen LogP contribution in [0.4, 0.5) is 0 Å². The van der Waals surface area contributed by atoms with Crippen molar-refractivity contribution < 1.29 is 17.6 Å². The molecule has 0 radical (unpaired) electrons. The fourth-order valence-electron chi connectivity index (χ4n) is 2.10. The zero-order chi connectivity index (χ0) is 13.2. The van der Waals surface area contributed by atoms with E-state index in [-0.39, 0.29) is 12.5 Å². The number of hydrogen-bond donors (Lipinski definition) is 1. The predicted molar refractivity (Wildman–Crippen MR) is 65.1 cm³/mol. The molecule has 1 aliphatic heterocycles. The Labute approximate surface area is 106 Å². The largest absolute Gasteiger partial charge is 0.467 e. The maximum Gasteiger partial charge on any atom is 0.238 e. The smallest absolute Gasteiger partial charge is 0.238 e. The van der Waals surface area contributed by atoms with Crippen LogP contribution in [0.15, 0.2) is 22.8 Å². The molecular formula is C11H16N2O4S. The Morgan fingerprint density at radius 1 is 1.61 bits per heavy atom. The molecule has 1 aromatic heterocycles. The molecule has 100 valence electrons. The van der Waals surface area contributed by atoms with Crippen LogP contribution in [0.1, 0.15) is 18.6 Å². The van der Waals surface area contributed by atoms with Crippen LogP contribution >= 0.6 is 0 Å². The van der Waals surface area contributed by atoms with Gasteiger partial charge in [0.15, 0.2) is 0 Å². The van der Waals surface area contributed by atoms with E-state index < -0.39 is 16.1 Å². The van der Waals surface area contributed by atoms with Gasteiger partial charge in [-0.3, -0.25) is 4.79 Å². The molecule has 2 heterocycles. The molecule has 1 fully saturated rings. The van der Waals surface area contributed by atoms with E-state index in [9.17, 15) is 13.2 Å². The number of sulfonamides is 1. The second kappa shape index (κ2) is 5.11. The SMILES string of the molecule is CS(=O)(=O)N1CCC[C@H]1C(=O)NCc1ccco1. The summed E-state index contributed by atoms with van der Waals surface area (Å²) in [5.74, 6) is 0.376. The molecule has 0 aliphatic carbocycles. The quantitative estimate of drug-likeness (QED) is 0.856. The highest BCUT2D eigenvalue weighted by molar-refractivity contribution is 7.88. The van der Waals surface area contributed by atoms with Crippen molar-refractivity contribution in [2.75, 3.05) is 12.8 Å². The molecule has 7 heteroatoms. The van der Waals surface area contributed by atoms with Crippen LogP contribution in [-0.2, 0) is 21.4 Å². The fraction of sp³-hybridized carbons (Fsp3) is 0.545. The minimum Gasteiger partial charge on any atom is -0.467 e. The van der Waals surface area contributed by atoms with Gasteiger partial charge in [-0.2, -0.15) is 4.31 Å². The van der Waals surface area contributed by atoms with E-state index in [0.717, 1.165) is 6.26 Å². The molecule has 0 saturated carbocycles. The fourth-order valence-corrected chi connectivity index (χ4v) is 3.23. The van der Waals surface area contributed by atoms with Crippen molar-refractivity contribution in [3.63, 3.8) is 0 Å². The first-order chi connectivity index (χ1) is 8.48. The van der Waals surface area contributed by atoms with E-state index >= 15 is 0 Å². The lowest BCUT2D eigenvalue weighted by atomic mass is 10.2. The van der Waals surface area contributed by atoms with E-state index in [1.807, 2.05) is 0 Å². The Morgan fingerprint density at radius 3 is 3.00 bits per heavy atom. The van der Waals surface area contributed by atoms with Crippen molar-refractivity contribution >= 4 is 15.9 Å². The molecule has 1 aliphatic rings. The Morgan fingerprint density at radius 2 is 2.39 bits per heavy atom. The summed E-state index contributed by atoms with van der Waals surface area (Å²) in [5, 5.41) is 2.69.